The SMILES string of the molecule is NCc1ccc(SCC2CCCO2)c2ccccc12. The lowest BCUT2D eigenvalue weighted by Gasteiger charge is -2.12. The normalized spacial score (nSPS) is 19.1. The summed E-state index contributed by atoms with van der Waals surface area (Å²) in [5, 5.41) is 2.59. The van der Waals surface area contributed by atoms with Gasteiger partial charge in [-0.1, -0.05) is 30.3 Å². The van der Waals surface area contributed by atoms with Crippen LogP contribution < -0.4 is 5.73 Å². The summed E-state index contributed by atoms with van der Waals surface area (Å²) in [5.41, 5.74) is 7.03. The Morgan fingerprint density at radius 2 is 2.00 bits per heavy atom. The summed E-state index contributed by atoms with van der Waals surface area (Å²) < 4.78 is 5.69. The van der Waals surface area contributed by atoms with Gasteiger partial charge in [-0.3, -0.25) is 0 Å². The summed E-state index contributed by atoms with van der Waals surface area (Å²) in [7, 11) is 0. The lowest BCUT2D eigenvalue weighted by atomic mass is 10.0. The molecule has 1 heterocycles. The van der Waals surface area contributed by atoms with Gasteiger partial charge in [0.05, 0.1) is 6.10 Å². The van der Waals surface area contributed by atoms with E-state index in [9.17, 15) is 0 Å². The van der Waals surface area contributed by atoms with Crippen molar-refractivity contribution in [1.82, 2.24) is 0 Å². The molecule has 0 aliphatic carbocycles. The number of rotatable bonds is 4. The van der Waals surface area contributed by atoms with Crippen molar-refractivity contribution in [1.29, 1.82) is 0 Å². The number of hydrogen-bond donors (Lipinski definition) is 1. The van der Waals surface area contributed by atoms with Crippen molar-refractivity contribution in [3.8, 4) is 0 Å². The van der Waals surface area contributed by atoms with Crippen molar-refractivity contribution in [2.75, 3.05) is 12.4 Å². The fourth-order valence-electron chi connectivity index (χ4n) is 2.60. The third-order valence-corrected chi connectivity index (χ3v) is 4.85. The highest BCUT2D eigenvalue weighted by molar-refractivity contribution is 7.99. The van der Waals surface area contributed by atoms with Gasteiger partial charge in [0, 0.05) is 23.8 Å². The van der Waals surface area contributed by atoms with E-state index in [-0.39, 0.29) is 0 Å². The maximum atomic E-state index is 5.81. The largest absolute Gasteiger partial charge is 0.377 e. The van der Waals surface area contributed by atoms with Gasteiger partial charge in [0.2, 0.25) is 0 Å². The van der Waals surface area contributed by atoms with E-state index in [1.165, 1.54) is 34.1 Å². The molecule has 2 aromatic carbocycles. The first-order chi connectivity index (χ1) is 9.38. The Labute approximate surface area is 118 Å². The molecular weight excluding hydrogens is 254 g/mol. The van der Waals surface area contributed by atoms with E-state index in [0.717, 1.165) is 12.4 Å². The zero-order valence-corrected chi connectivity index (χ0v) is 11.8. The minimum atomic E-state index is 0.429. The van der Waals surface area contributed by atoms with Crippen LogP contribution in [0.4, 0.5) is 0 Å². The van der Waals surface area contributed by atoms with Crippen LogP contribution in [0.1, 0.15) is 18.4 Å². The first kappa shape index (κ1) is 13.0. The van der Waals surface area contributed by atoms with Crippen molar-refractivity contribution >= 4 is 22.5 Å². The van der Waals surface area contributed by atoms with Crippen LogP contribution in [0, 0.1) is 0 Å². The second kappa shape index (κ2) is 5.95. The Morgan fingerprint density at radius 1 is 1.16 bits per heavy atom. The van der Waals surface area contributed by atoms with Gasteiger partial charge in [0.25, 0.3) is 0 Å². The average molecular weight is 273 g/mol. The monoisotopic (exact) mass is 273 g/mol. The molecule has 19 heavy (non-hydrogen) atoms. The summed E-state index contributed by atoms with van der Waals surface area (Å²) >= 11 is 1.90. The molecule has 0 saturated carbocycles. The Kier molecular flexibility index (Phi) is 4.06. The summed E-state index contributed by atoms with van der Waals surface area (Å²) in [4.78, 5) is 1.34. The van der Waals surface area contributed by atoms with E-state index in [1.54, 1.807) is 0 Å². The van der Waals surface area contributed by atoms with Crippen LogP contribution in [0.25, 0.3) is 10.8 Å². The highest BCUT2D eigenvalue weighted by Gasteiger charge is 2.16. The molecule has 0 amide bonds. The Morgan fingerprint density at radius 3 is 2.74 bits per heavy atom. The van der Waals surface area contributed by atoms with E-state index < -0.39 is 0 Å². The topological polar surface area (TPSA) is 35.2 Å². The van der Waals surface area contributed by atoms with Crippen molar-refractivity contribution in [3.63, 3.8) is 0 Å². The number of hydrogen-bond acceptors (Lipinski definition) is 3. The third-order valence-electron chi connectivity index (χ3n) is 3.64. The summed E-state index contributed by atoms with van der Waals surface area (Å²) in [5.74, 6) is 1.05. The molecule has 1 unspecified atom stereocenters. The Balaban J connectivity index is 1.86. The summed E-state index contributed by atoms with van der Waals surface area (Å²) in [6.45, 7) is 1.52. The molecule has 3 rings (SSSR count). The average Bonchev–Trinajstić information content (AvgIpc) is 2.98. The van der Waals surface area contributed by atoms with Crippen LogP contribution in [0.2, 0.25) is 0 Å². The van der Waals surface area contributed by atoms with Gasteiger partial charge < -0.3 is 10.5 Å². The zero-order chi connectivity index (χ0) is 13.1. The molecule has 2 nitrogen and oxygen atoms in total. The lowest BCUT2D eigenvalue weighted by molar-refractivity contribution is 0.129. The van der Waals surface area contributed by atoms with Gasteiger partial charge in [-0.2, -0.15) is 0 Å². The molecule has 3 heteroatoms. The number of benzene rings is 2. The standard InChI is InChI=1S/C16H19NOS/c17-10-12-7-8-16(15-6-2-1-5-14(12)15)19-11-13-4-3-9-18-13/h1-2,5-8,13H,3-4,9-11,17H2. The van der Waals surface area contributed by atoms with Crippen LogP contribution in [0.3, 0.4) is 0 Å². The minimum absolute atomic E-state index is 0.429. The molecule has 1 aliphatic heterocycles. The number of fused-ring (bicyclic) bond motifs is 1. The summed E-state index contributed by atoms with van der Waals surface area (Å²) in [6.07, 6.45) is 2.84. The van der Waals surface area contributed by atoms with E-state index in [0.29, 0.717) is 12.6 Å². The van der Waals surface area contributed by atoms with Gasteiger partial charge in [-0.25, -0.2) is 0 Å². The van der Waals surface area contributed by atoms with E-state index in [4.69, 9.17) is 10.5 Å². The minimum Gasteiger partial charge on any atom is -0.377 e. The van der Waals surface area contributed by atoms with Crippen LogP contribution in [-0.4, -0.2) is 18.5 Å². The van der Waals surface area contributed by atoms with E-state index in [1.807, 2.05) is 11.8 Å². The molecule has 0 bridgehead atoms. The van der Waals surface area contributed by atoms with Crippen molar-refractivity contribution in [3.05, 3.63) is 42.0 Å². The quantitative estimate of drug-likeness (QED) is 0.865. The van der Waals surface area contributed by atoms with Crippen LogP contribution in [-0.2, 0) is 11.3 Å². The second-order valence-corrected chi connectivity index (χ2v) is 5.98. The molecule has 1 atom stereocenters. The number of thioether (sulfide) groups is 1. The molecule has 100 valence electrons. The van der Waals surface area contributed by atoms with Crippen molar-refractivity contribution in [2.45, 2.75) is 30.4 Å². The fraction of sp³-hybridized carbons (Fsp3) is 0.375. The second-order valence-electron chi connectivity index (χ2n) is 4.92. The van der Waals surface area contributed by atoms with Crippen molar-refractivity contribution < 1.29 is 4.74 Å². The molecule has 0 radical (unpaired) electrons. The molecule has 1 fully saturated rings. The Bertz CT molecular complexity index is 564. The van der Waals surface area contributed by atoms with Gasteiger partial charge in [0.15, 0.2) is 0 Å². The number of nitrogens with two attached hydrogens (primary N) is 1. The van der Waals surface area contributed by atoms with Crippen molar-refractivity contribution in [2.24, 2.45) is 5.73 Å². The van der Waals surface area contributed by atoms with E-state index >= 15 is 0 Å². The third kappa shape index (κ3) is 2.78. The maximum absolute atomic E-state index is 5.81. The van der Waals surface area contributed by atoms with Gasteiger partial charge in [0.1, 0.15) is 0 Å². The molecule has 0 aromatic heterocycles. The first-order valence-corrected chi connectivity index (χ1v) is 7.82. The lowest BCUT2D eigenvalue weighted by Crippen LogP contribution is -2.07. The van der Waals surface area contributed by atoms with Gasteiger partial charge in [-0.15, -0.1) is 11.8 Å². The predicted octanol–water partition coefficient (Wildman–Crippen LogP) is 3.57. The van der Waals surface area contributed by atoms with E-state index in [2.05, 4.69) is 36.4 Å². The molecular formula is C16H19NOS. The highest BCUT2D eigenvalue weighted by atomic mass is 32.2. The first-order valence-electron chi connectivity index (χ1n) is 6.83. The highest BCUT2D eigenvalue weighted by Crippen LogP contribution is 2.32. The molecule has 1 saturated heterocycles. The molecule has 0 spiro atoms. The predicted molar refractivity (Wildman–Crippen MR) is 81.5 cm³/mol. The zero-order valence-electron chi connectivity index (χ0n) is 11.0. The fourth-order valence-corrected chi connectivity index (χ4v) is 3.72. The van der Waals surface area contributed by atoms with Gasteiger partial charge in [-0.05, 0) is 35.2 Å². The Hall–Kier alpha value is -1.03. The molecule has 2 aromatic rings. The molecule has 1 aliphatic rings. The summed E-state index contributed by atoms with van der Waals surface area (Å²) in [6, 6.07) is 12.9. The van der Waals surface area contributed by atoms with Gasteiger partial charge >= 0.3 is 0 Å². The molecule has 2 N–H and O–H groups in total. The van der Waals surface area contributed by atoms with Crippen LogP contribution in [0.15, 0.2) is 41.3 Å². The maximum Gasteiger partial charge on any atom is 0.0669 e. The number of ether oxygens (including phenoxy) is 1. The van der Waals surface area contributed by atoms with Crippen LogP contribution >= 0.6 is 11.8 Å². The smallest absolute Gasteiger partial charge is 0.0669 e. The van der Waals surface area contributed by atoms with Crippen LogP contribution in [0.5, 0.6) is 0 Å².